The van der Waals surface area contributed by atoms with Crippen molar-refractivity contribution in [2.75, 3.05) is 13.7 Å². The lowest BCUT2D eigenvalue weighted by Gasteiger charge is -2.13. The molecular formula is C20H23F2NO3. The van der Waals surface area contributed by atoms with Crippen LogP contribution in [0.15, 0.2) is 54.6 Å². The molecule has 0 amide bonds. The molecule has 2 aromatic carbocycles. The first-order valence-electron chi connectivity index (χ1n) is 8.16. The van der Waals surface area contributed by atoms with Crippen molar-refractivity contribution in [1.29, 1.82) is 0 Å². The van der Waals surface area contributed by atoms with Crippen LogP contribution in [0.5, 0.6) is 17.2 Å². The lowest BCUT2D eigenvalue weighted by Crippen LogP contribution is -2.13. The van der Waals surface area contributed by atoms with Gasteiger partial charge in [0.25, 0.3) is 0 Å². The van der Waals surface area contributed by atoms with Gasteiger partial charge in [-0.05, 0) is 47.9 Å². The first kappa shape index (κ1) is 19.7. The van der Waals surface area contributed by atoms with Gasteiger partial charge in [0.15, 0.2) is 11.5 Å². The summed E-state index contributed by atoms with van der Waals surface area (Å²) in [4.78, 5) is 0. The summed E-state index contributed by atoms with van der Waals surface area (Å²) in [5.41, 5.74) is 2.79. The Kier molecular flexibility index (Phi) is 7.41. The van der Waals surface area contributed by atoms with Crippen LogP contribution in [-0.4, -0.2) is 20.3 Å². The van der Waals surface area contributed by atoms with E-state index < -0.39 is 6.61 Å². The summed E-state index contributed by atoms with van der Waals surface area (Å²) in [6.07, 6.45) is 0. The van der Waals surface area contributed by atoms with Gasteiger partial charge in [-0.2, -0.15) is 8.78 Å². The highest BCUT2D eigenvalue weighted by atomic mass is 19.3. The molecule has 0 bridgehead atoms. The molecule has 2 aromatic rings. The Bertz CT molecular complexity index is 735. The smallest absolute Gasteiger partial charge is 0.387 e. The topological polar surface area (TPSA) is 39.7 Å². The molecule has 0 fully saturated rings. The zero-order chi connectivity index (χ0) is 18.9. The molecule has 140 valence electrons. The number of ether oxygens (including phenoxy) is 3. The number of hydrogen-bond donors (Lipinski definition) is 1. The molecule has 4 nitrogen and oxygen atoms in total. The molecule has 2 rings (SSSR count). The maximum Gasteiger partial charge on any atom is 0.387 e. The second-order valence-corrected chi connectivity index (χ2v) is 5.86. The van der Waals surface area contributed by atoms with Crippen LogP contribution in [0.4, 0.5) is 8.78 Å². The Morgan fingerprint density at radius 2 is 1.81 bits per heavy atom. The highest BCUT2D eigenvalue weighted by molar-refractivity contribution is 5.43. The monoisotopic (exact) mass is 363 g/mol. The van der Waals surface area contributed by atoms with E-state index in [0.29, 0.717) is 31.2 Å². The van der Waals surface area contributed by atoms with Gasteiger partial charge in [0.2, 0.25) is 0 Å². The molecule has 0 atom stereocenters. The molecule has 1 N–H and O–H groups in total. The standard InChI is InChI=1S/C20H23F2NO3/c1-14(2)13-25-19-10-16(7-8-18(19)24-3)12-23-11-15-5-4-6-17(9-15)26-20(21)22/h4-10,20,23H,1,11-13H2,2-3H3. The summed E-state index contributed by atoms with van der Waals surface area (Å²) >= 11 is 0. The maximum absolute atomic E-state index is 12.3. The third kappa shape index (κ3) is 6.37. The summed E-state index contributed by atoms with van der Waals surface area (Å²) in [5.74, 6) is 1.47. The largest absolute Gasteiger partial charge is 0.493 e. The molecule has 0 aliphatic rings. The van der Waals surface area contributed by atoms with Crippen LogP contribution in [0.1, 0.15) is 18.1 Å². The summed E-state index contributed by atoms with van der Waals surface area (Å²) in [6.45, 7) is 4.42. The van der Waals surface area contributed by atoms with E-state index in [1.165, 1.54) is 6.07 Å². The van der Waals surface area contributed by atoms with Gasteiger partial charge < -0.3 is 19.5 Å². The molecule has 26 heavy (non-hydrogen) atoms. The van der Waals surface area contributed by atoms with Crippen molar-refractivity contribution in [3.8, 4) is 17.2 Å². The normalized spacial score (nSPS) is 10.7. The lowest BCUT2D eigenvalue weighted by molar-refractivity contribution is -0.0498. The molecular weight excluding hydrogens is 340 g/mol. The van der Waals surface area contributed by atoms with Crippen molar-refractivity contribution in [1.82, 2.24) is 5.32 Å². The fourth-order valence-electron chi connectivity index (χ4n) is 2.33. The third-order valence-electron chi connectivity index (χ3n) is 3.48. The highest BCUT2D eigenvalue weighted by Crippen LogP contribution is 2.28. The molecule has 0 saturated carbocycles. The second kappa shape index (κ2) is 9.77. The fourth-order valence-corrected chi connectivity index (χ4v) is 2.33. The number of methoxy groups -OCH3 is 1. The zero-order valence-corrected chi connectivity index (χ0v) is 14.9. The molecule has 0 heterocycles. The molecule has 0 unspecified atom stereocenters. The van der Waals surface area contributed by atoms with Crippen molar-refractivity contribution in [3.63, 3.8) is 0 Å². The molecule has 0 spiro atoms. The van der Waals surface area contributed by atoms with E-state index in [0.717, 1.165) is 16.7 Å². The molecule has 0 aliphatic carbocycles. The van der Waals surface area contributed by atoms with Crippen LogP contribution in [0.2, 0.25) is 0 Å². The number of alkyl halides is 2. The first-order valence-corrected chi connectivity index (χ1v) is 8.16. The van der Waals surface area contributed by atoms with Gasteiger partial charge in [0, 0.05) is 13.1 Å². The minimum absolute atomic E-state index is 0.152. The van der Waals surface area contributed by atoms with Crippen LogP contribution in [-0.2, 0) is 13.1 Å². The lowest BCUT2D eigenvalue weighted by atomic mass is 10.1. The van der Waals surface area contributed by atoms with Crippen molar-refractivity contribution >= 4 is 0 Å². The number of hydrogen-bond acceptors (Lipinski definition) is 4. The van der Waals surface area contributed by atoms with Crippen molar-refractivity contribution < 1.29 is 23.0 Å². The van der Waals surface area contributed by atoms with Crippen molar-refractivity contribution in [2.24, 2.45) is 0 Å². The number of rotatable bonds is 10. The molecule has 0 aliphatic heterocycles. The van der Waals surface area contributed by atoms with Crippen LogP contribution in [0.25, 0.3) is 0 Å². The van der Waals surface area contributed by atoms with Crippen LogP contribution in [0, 0.1) is 0 Å². The zero-order valence-electron chi connectivity index (χ0n) is 14.9. The van der Waals surface area contributed by atoms with E-state index in [1.54, 1.807) is 19.2 Å². The third-order valence-corrected chi connectivity index (χ3v) is 3.48. The summed E-state index contributed by atoms with van der Waals surface area (Å²) in [5, 5.41) is 3.27. The summed E-state index contributed by atoms with van der Waals surface area (Å²) in [7, 11) is 1.59. The maximum atomic E-state index is 12.3. The summed E-state index contributed by atoms with van der Waals surface area (Å²) in [6, 6.07) is 12.3. The highest BCUT2D eigenvalue weighted by Gasteiger charge is 2.07. The van der Waals surface area contributed by atoms with E-state index >= 15 is 0 Å². The molecule has 0 aromatic heterocycles. The Balaban J connectivity index is 1.94. The minimum Gasteiger partial charge on any atom is -0.493 e. The van der Waals surface area contributed by atoms with E-state index in [1.807, 2.05) is 31.2 Å². The molecule has 0 saturated heterocycles. The Hall–Kier alpha value is -2.60. The number of benzene rings is 2. The number of nitrogens with one attached hydrogen (secondary N) is 1. The predicted molar refractivity (Wildman–Crippen MR) is 96.9 cm³/mol. The van der Waals surface area contributed by atoms with Gasteiger partial charge in [-0.3, -0.25) is 0 Å². The average molecular weight is 363 g/mol. The van der Waals surface area contributed by atoms with Gasteiger partial charge >= 0.3 is 6.61 Å². The van der Waals surface area contributed by atoms with Gasteiger partial charge in [-0.15, -0.1) is 0 Å². The first-order chi connectivity index (χ1) is 12.5. The van der Waals surface area contributed by atoms with E-state index in [4.69, 9.17) is 9.47 Å². The van der Waals surface area contributed by atoms with Gasteiger partial charge in [-0.25, -0.2) is 0 Å². The van der Waals surface area contributed by atoms with Crippen molar-refractivity contribution in [2.45, 2.75) is 26.6 Å². The van der Waals surface area contributed by atoms with E-state index in [9.17, 15) is 8.78 Å². The van der Waals surface area contributed by atoms with Crippen LogP contribution >= 0.6 is 0 Å². The number of halogens is 2. The average Bonchev–Trinajstić information content (AvgIpc) is 2.60. The Morgan fingerprint density at radius 3 is 2.46 bits per heavy atom. The quantitative estimate of drug-likeness (QED) is 0.629. The van der Waals surface area contributed by atoms with E-state index in [-0.39, 0.29) is 5.75 Å². The van der Waals surface area contributed by atoms with Gasteiger partial charge in [0.1, 0.15) is 12.4 Å². The second-order valence-electron chi connectivity index (χ2n) is 5.86. The predicted octanol–water partition coefficient (Wildman–Crippen LogP) is 4.54. The van der Waals surface area contributed by atoms with Gasteiger partial charge in [0.05, 0.1) is 7.11 Å². The van der Waals surface area contributed by atoms with Crippen LogP contribution < -0.4 is 19.5 Å². The fraction of sp³-hybridized carbons (Fsp3) is 0.300. The SMILES string of the molecule is C=C(C)COc1cc(CNCc2cccc(OC(F)F)c2)ccc1OC. The molecule has 0 radical (unpaired) electrons. The van der Waals surface area contributed by atoms with Gasteiger partial charge in [-0.1, -0.05) is 24.8 Å². The minimum atomic E-state index is -2.82. The molecule has 6 heteroatoms. The Labute approximate surface area is 152 Å². The van der Waals surface area contributed by atoms with E-state index in [2.05, 4.69) is 16.6 Å². The Morgan fingerprint density at radius 1 is 1.08 bits per heavy atom. The summed E-state index contributed by atoms with van der Waals surface area (Å²) < 4.78 is 40.0. The van der Waals surface area contributed by atoms with Crippen LogP contribution in [0.3, 0.4) is 0 Å². The van der Waals surface area contributed by atoms with Crippen molar-refractivity contribution in [3.05, 3.63) is 65.7 Å².